The van der Waals surface area contributed by atoms with Crippen LogP contribution in [-0.4, -0.2) is 34.1 Å². The van der Waals surface area contributed by atoms with E-state index in [4.69, 9.17) is 9.56 Å². The number of nitrogens with zero attached hydrogens (tertiary/aromatic N) is 4. The molecule has 0 saturated carbocycles. The Balaban J connectivity index is 1.75. The van der Waals surface area contributed by atoms with Crippen LogP contribution >= 0.6 is 11.8 Å². The van der Waals surface area contributed by atoms with E-state index in [2.05, 4.69) is 29.1 Å². The summed E-state index contributed by atoms with van der Waals surface area (Å²) in [7, 11) is -3.78. The summed E-state index contributed by atoms with van der Waals surface area (Å²) in [6.07, 6.45) is 0. The zero-order valence-corrected chi connectivity index (χ0v) is 18.6. The summed E-state index contributed by atoms with van der Waals surface area (Å²) in [5, 5.41) is 18.6. The van der Waals surface area contributed by atoms with Crippen molar-refractivity contribution in [1.82, 2.24) is 20.0 Å². The first-order valence-electron chi connectivity index (χ1n) is 9.56. The van der Waals surface area contributed by atoms with E-state index in [0.717, 1.165) is 17.0 Å². The minimum atomic E-state index is -3.78. The minimum absolute atomic E-state index is 0.0358. The molecule has 4 aromatic rings. The van der Waals surface area contributed by atoms with Gasteiger partial charge in [-0.15, -0.1) is 10.2 Å². The van der Waals surface area contributed by atoms with Crippen LogP contribution < -0.4 is 5.14 Å². The highest BCUT2D eigenvalue weighted by Gasteiger charge is 2.18. The molecule has 0 aliphatic heterocycles. The molecule has 0 spiro atoms. The first-order chi connectivity index (χ1) is 14.8. The molecular formula is C21H21N5O3S2. The average molecular weight is 456 g/mol. The maximum atomic E-state index is 11.6. The van der Waals surface area contributed by atoms with Crippen LogP contribution in [0.5, 0.6) is 0 Å². The van der Waals surface area contributed by atoms with Crippen LogP contribution in [0.3, 0.4) is 0 Å². The molecule has 0 amide bonds. The van der Waals surface area contributed by atoms with Crippen molar-refractivity contribution in [3.05, 3.63) is 60.7 Å². The molecule has 2 aromatic heterocycles. The number of nitrogens with two attached hydrogens (primary N) is 1. The highest BCUT2D eigenvalue weighted by Crippen LogP contribution is 2.30. The number of sulfonamides is 1. The third kappa shape index (κ3) is 4.87. The number of hydrogen-bond acceptors (Lipinski definition) is 7. The quantitative estimate of drug-likeness (QED) is 0.419. The van der Waals surface area contributed by atoms with Gasteiger partial charge in [0.25, 0.3) is 11.1 Å². The highest BCUT2D eigenvalue weighted by molar-refractivity contribution is 7.99. The second-order valence-electron chi connectivity index (χ2n) is 7.31. The Bertz CT molecular complexity index is 1280. The Hall–Kier alpha value is -2.95. The summed E-state index contributed by atoms with van der Waals surface area (Å²) in [6.45, 7) is 4.25. The summed E-state index contributed by atoms with van der Waals surface area (Å²) in [4.78, 5) is 0.0358. The van der Waals surface area contributed by atoms with Gasteiger partial charge in [0.15, 0.2) is 5.69 Å². The Labute approximate surface area is 184 Å². The van der Waals surface area contributed by atoms with Gasteiger partial charge in [-0.25, -0.2) is 18.2 Å². The number of thioether (sulfide) groups is 1. The highest BCUT2D eigenvalue weighted by atomic mass is 32.2. The third-order valence-corrected chi connectivity index (χ3v) is 6.53. The maximum Gasteiger partial charge on any atom is 0.276 e. The van der Waals surface area contributed by atoms with Gasteiger partial charge in [-0.2, -0.15) is 5.10 Å². The fraction of sp³-hybridized carbons (Fsp3) is 0.190. The van der Waals surface area contributed by atoms with Crippen LogP contribution in [-0.2, 0) is 10.0 Å². The molecule has 0 atom stereocenters. The second-order valence-corrected chi connectivity index (χ2v) is 9.84. The minimum Gasteiger partial charge on any atom is -0.410 e. The van der Waals surface area contributed by atoms with E-state index in [1.165, 1.54) is 23.9 Å². The van der Waals surface area contributed by atoms with Gasteiger partial charge >= 0.3 is 0 Å². The molecule has 0 aliphatic carbocycles. The largest absolute Gasteiger partial charge is 0.410 e. The Morgan fingerprint density at radius 1 is 1.06 bits per heavy atom. The average Bonchev–Trinajstić information content (AvgIpc) is 3.40. The van der Waals surface area contributed by atoms with Crippen LogP contribution in [0.15, 0.2) is 75.2 Å². The van der Waals surface area contributed by atoms with Crippen LogP contribution in [0, 0.1) is 5.92 Å². The fourth-order valence-electron chi connectivity index (χ4n) is 2.88. The zero-order valence-electron chi connectivity index (χ0n) is 17.0. The van der Waals surface area contributed by atoms with Gasteiger partial charge in [0.1, 0.15) is 0 Å². The molecule has 2 N–H and O–H groups in total. The van der Waals surface area contributed by atoms with Crippen molar-refractivity contribution >= 4 is 21.8 Å². The van der Waals surface area contributed by atoms with Crippen molar-refractivity contribution in [1.29, 1.82) is 0 Å². The Kier molecular flexibility index (Phi) is 5.94. The number of primary sulfonamides is 1. The number of aromatic nitrogens is 4. The molecule has 2 heterocycles. The summed E-state index contributed by atoms with van der Waals surface area (Å²) in [5.74, 6) is 1.70. The number of benzene rings is 2. The van der Waals surface area contributed by atoms with Crippen LogP contribution in [0.4, 0.5) is 0 Å². The van der Waals surface area contributed by atoms with E-state index in [1.807, 2.05) is 36.4 Å². The van der Waals surface area contributed by atoms with Gasteiger partial charge in [-0.1, -0.05) is 55.9 Å². The number of hydrogen-bond donors (Lipinski definition) is 1. The molecule has 31 heavy (non-hydrogen) atoms. The van der Waals surface area contributed by atoms with E-state index in [9.17, 15) is 8.42 Å². The first-order valence-corrected chi connectivity index (χ1v) is 12.1. The van der Waals surface area contributed by atoms with E-state index < -0.39 is 10.0 Å². The lowest BCUT2D eigenvalue weighted by molar-refractivity contribution is 0.463. The zero-order chi connectivity index (χ0) is 22.0. The summed E-state index contributed by atoms with van der Waals surface area (Å²) in [5.41, 5.74) is 2.93. The molecule has 8 nitrogen and oxygen atoms in total. The van der Waals surface area contributed by atoms with Crippen molar-refractivity contribution in [2.75, 3.05) is 5.75 Å². The lowest BCUT2D eigenvalue weighted by atomic mass is 10.1. The van der Waals surface area contributed by atoms with Crippen molar-refractivity contribution < 1.29 is 12.8 Å². The molecule has 2 aromatic carbocycles. The van der Waals surface area contributed by atoms with E-state index in [0.29, 0.717) is 28.4 Å². The lowest BCUT2D eigenvalue weighted by Gasteiger charge is -2.08. The van der Waals surface area contributed by atoms with Gasteiger partial charge in [-0.3, -0.25) is 0 Å². The van der Waals surface area contributed by atoms with Crippen LogP contribution in [0.2, 0.25) is 0 Å². The molecule has 4 rings (SSSR count). The fourth-order valence-corrected chi connectivity index (χ4v) is 4.11. The van der Waals surface area contributed by atoms with Gasteiger partial charge in [0.05, 0.1) is 16.3 Å². The van der Waals surface area contributed by atoms with Gasteiger partial charge < -0.3 is 4.42 Å². The molecule has 0 unspecified atom stereocenters. The predicted molar refractivity (Wildman–Crippen MR) is 119 cm³/mol. The summed E-state index contributed by atoms with van der Waals surface area (Å²) >= 11 is 1.51. The second kappa shape index (κ2) is 8.66. The van der Waals surface area contributed by atoms with E-state index in [-0.39, 0.29) is 4.90 Å². The molecule has 0 bridgehead atoms. The summed E-state index contributed by atoms with van der Waals surface area (Å²) < 4.78 is 30.7. The summed E-state index contributed by atoms with van der Waals surface area (Å²) in [6, 6.07) is 17.8. The number of rotatable bonds is 7. The smallest absolute Gasteiger partial charge is 0.276 e. The van der Waals surface area contributed by atoms with Crippen LogP contribution in [0.25, 0.3) is 28.5 Å². The standard InChI is InChI=1S/C21H21N5O3S2/c1-14(2)13-30-21-24-23-20(29-21)18-12-19(15-6-4-3-5-7-15)26(25-18)16-8-10-17(11-9-16)31(22,27)28/h3-12,14H,13H2,1-2H3,(H2,22,27,28). The monoisotopic (exact) mass is 455 g/mol. The van der Waals surface area contributed by atoms with Gasteiger partial charge in [0, 0.05) is 11.3 Å². The van der Waals surface area contributed by atoms with Crippen molar-refractivity contribution in [3.63, 3.8) is 0 Å². The van der Waals surface area contributed by atoms with Crippen LogP contribution in [0.1, 0.15) is 13.8 Å². The first kappa shape index (κ1) is 21.3. The van der Waals surface area contributed by atoms with Crippen molar-refractivity contribution in [2.24, 2.45) is 11.1 Å². The van der Waals surface area contributed by atoms with Crippen molar-refractivity contribution in [2.45, 2.75) is 24.0 Å². The van der Waals surface area contributed by atoms with Gasteiger partial charge in [-0.05, 0) is 36.2 Å². The maximum absolute atomic E-state index is 11.6. The Morgan fingerprint density at radius 2 is 1.77 bits per heavy atom. The van der Waals surface area contributed by atoms with E-state index >= 15 is 0 Å². The Morgan fingerprint density at radius 3 is 2.42 bits per heavy atom. The topological polar surface area (TPSA) is 117 Å². The molecule has 0 saturated heterocycles. The molecule has 0 fully saturated rings. The predicted octanol–water partition coefficient (Wildman–Crippen LogP) is 3.98. The molecule has 0 radical (unpaired) electrons. The molecule has 10 heteroatoms. The third-order valence-electron chi connectivity index (χ3n) is 4.35. The SMILES string of the molecule is CC(C)CSc1nnc(-c2cc(-c3ccccc3)n(-c3ccc(S(N)(=O)=O)cc3)n2)o1. The van der Waals surface area contributed by atoms with Gasteiger partial charge in [0.2, 0.25) is 10.0 Å². The normalized spacial score (nSPS) is 11.9. The molecular weight excluding hydrogens is 434 g/mol. The lowest BCUT2D eigenvalue weighted by Crippen LogP contribution is -2.12. The van der Waals surface area contributed by atoms with E-state index in [1.54, 1.807) is 16.8 Å². The molecule has 160 valence electrons. The molecule has 0 aliphatic rings. The van der Waals surface area contributed by atoms with Crippen molar-refractivity contribution in [3.8, 4) is 28.5 Å².